The van der Waals surface area contributed by atoms with Crippen molar-refractivity contribution >= 4 is 19.3 Å². The van der Waals surface area contributed by atoms with Gasteiger partial charge in [0.15, 0.2) is 12.6 Å². The van der Waals surface area contributed by atoms with Gasteiger partial charge in [0.25, 0.3) is 0 Å². The van der Waals surface area contributed by atoms with Gasteiger partial charge in [0.05, 0.1) is 35.6 Å². The van der Waals surface area contributed by atoms with Crippen LogP contribution in [0.25, 0.3) is 16.9 Å². The Morgan fingerprint density at radius 1 is 1.28 bits per heavy atom. The molecule has 1 aliphatic heterocycles. The van der Waals surface area contributed by atoms with Crippen molar-refractivity contribution in [2.24, 2.45) is 0 Å². The molecule has 3 aromatic heterocycles. The smallest absolute Gasteiger partial charge is 0.379 e. The van der Waals surface area contributed by atoms with Gasteiger partial charge in [-0.3, -0.25) is 9.51 Å². The van der Waals surface area contributed by atoms with Crippen molar-refractivity contribution in [2.45, 2.75) is 43.2 Å². The molecule has 0 aromatic carbocycles. The second-order valence-corrected chi connectivity index (χ2v) is 9.94. The number of fused-ring (bicyclic) bond motifs is 1. The molecular formula is C21H23F3N5O6P. The van der Waals surface area contributed by atoms with E-state index in [1.807, 2.05) is 0 Å². The molecule has 1 saturated carbocycles. The normalized spacial score (nSPS) is 21.7. The minimum atomic E-state index is -4.69. The average Bonchev–Trinajstić information content (AvgIpc) is 3.59. The first-order chi connectivity index (χ1) is 17.2. The lowest BCUT2D eigenvalue weighted by molar-refractivity contribution is -0.104. The molecule has 15 heteroatoms. The summed E-state index contributed by atoms with van der Waals surface area (Å²) in [5.74, 6) is -0.433. The van der Waals surface area contributed by atoms with E-state index in [1.54, 1.807) is 12.1 Å². The number of aromatic nitrogens is 4. The first kappa shape index (κ1) is 25.1. The van der Waals surface area contributed by atoms with Crippen molar-refractivity contribution in [1.82, 2.24) is 19.6 Å². The molecule has 4 heterocycles. The van der Waals surface area contributed by atoms with Gasteiger partial charge in [-0.15, -0.1) is 5.10 Å². The molecule has 3 aromatic rings. The second kappa shape index (κ2) is 9.69. The predicted octanol–water partition coefficient (Wildman–Crippen LogP) is 2.88. The predicted molar refractivity (Wildman–Crippen MR) is 119 cm³/mol. The third-order valence-corrected chi connectivity index (χ3v) is 6.84. The van der Waals surface area contributed by atoms with Crippen LogP contribution in [0, 0.1) is 5.82 Å². The highest BCUT2D eigenvalue weighted by molar-refractivity contribution is 7.46. The number of phosphoric ester groups is 1. The van der Waals surface area contributed by atoms with Crippen LogP contribution in [0.15, 0.2) is 30.6 Å². The number of alkyl halides is 2. The Bertz CT molecular complexity index is 1280. The molecule has 3 N–H and O–H groups in total. The van der Waals surface area contributed by atoms with E-state index >= 15 is 0 Å². The molecule has 1 aliphatic carbocycles. The third-order valence-electron chi connectivity index (χ3n) is 6.40. The molecule has 0 bridgehead atoms. The standard InChI is InChI=1S/C21H23F3N5O6P/c22-13-7-16(14-2-1-12(8-25-14)21(4-5-21)19(23)24)29-17(13)9-26-20(28-29)27-15-3-6-33-10-18(15)34-11-35-36(30,31)32/h1-2,7-9,15,18-19H,3-6,10-11H2,(H,27,28)(H2,30,31,32)/t15-,18-/m1/s1. The van der Waals surface area contributed by atoms with Crippen LogP contribution in [-0.2, 0) is 24.0 Å². The van der Waals surface area contributed by atoms with Crippen molar-refractivity contribution in [1.29, 1.82) is 0 Å². The Balaban J connectivity index is 1.36. The topological polar surface area (TPSA) is 140 Å². The van der Waals surface area contributed by atoms with E-state index in [0.29, 0.717) is 42.8 Å². The van der Waals surface area contributed by atoms with Gasteiger partial charge < -0.3 is 24.6 Å². The Labute approximate surface area is 202 Å². The summed E-state index contributed by atoms with van der Waals surface area (Å²) in [5, 5.41) is 7.46. The lowest BCUT2D eigenvalue weighted by atomic mass is 9.98. The Morgan fingerprint density at radius 2 is 2.08 bits per heavy atom. The number of halogens is 3. The molecule has 11 nitrogen and oxygen atoms in total. The second-order valence-electron chi connectivity index (χ2n) is 8.70. The van der Waals surface area contributed by atoms with Crippen LogP contribution in [0.3, 0.4) is 0 Å². The lowest BCUT2D eigenvalue weighted by Gasteiger charge is -2.31. The van der Waals surface area contributed by atoms with Gasteiger partial charge in [-0.2, -0.15) is 0 Å². The van der Waals surface area contributed by atoms with E-state index in [0.717, 1.165) is 0 Å². The number of hydrogen-bond acceptors (Lipinski definition) is 8. The summed E-state index contributed by atoms with van der Waals surface area (Å²) in [7, 11) is -4.69. The van der Waals surface area contributed by atoms with Crippen LogP contribution in [0.4, 0.5) is 19.1 Å². The number of phosphoric acid groups is 1. The number of ether oxygens (including phenoxy) is 2. The van der Waals surface area contributed by atoms with Crippen molar-refractivity contribution < 1.29 is 41.5 Å². The Hall–Kier alpha value is -2.61. The van der Waals surface area contributed by atoms with Crippen molar-refractivity contribution in [3.05, 3.63) is 42.0 Å². The molecular weight excluding hydrogens is 506 g/mol. The quantitative estimate of drug-likeness (QED) is 0.280. The molecule has 2 atom stereocenters. The highest BCUT2D eigenvalue weighted by Crippen LogP contribution is 2.52. The zero-order chi connectivity index (χ0) is 25.5. The SMILES string of the molecule is O=P(O)(O)OCO[C@@H]1COCC[C@H]1Nc1ncc2c(F)cc(-c3ccc(C4(C(F)F)CC4)cn3)n2n1. The summed E-state index contributed by atoms with van der Waals surface area (Å²) in [6, 6.07) is 4.01. The maximum atomic E-state index is 14.6. The number of nitrogens with zero attached hydrogens (tertiary/aromatic N) is 4. The largest absolute Gasteiger partial charge is 0.471 e. The van der Waals surface area contributed by atoms with Crippen molar-refractivity contribution in [3.8, 4) is 11.4 Å². The zero-order valence-electron chi connectivity index (χ0n) is 18.8. The molecule has 5 rings (SSSR count). The minimum Gasteiger partial charge on any atom is -0.379 e. The zero-order valence-corrected chi connectivity index (χ0v) is 19.7. The highest BCUT2D eigenvalue weighted by atomic mass is 31.2. The van der Waals surface area contributed by atoms with Crippen LogP contribution in [0.5, 0.6) is 0 Å². The van der Waals surface area contributed by atoms with Crippen LogP contribution < -0.4 is 5.32 Å². The number of pyridine rings is 1. The van der Waals surface area contributed by atoms with Gasteiger partial charge in [0.1, 0.15) is 11.6 Å². The van der Waals surface area contributed by atoms with Gasteiger partial charge in [-0.1, -0.05) is 6.07 Å². The van der Waals surface area contributed by atoms with E-state index in [-0.39, 0.29) is 24.1 Å². The molecule has 0 unspecified atom stereocenters. The molecule has 0 radical (unpaired) electrons. The molecule has 0 amide bonds. The first-order valence-electron chi connectivity index (χ1n) is 11.1. The fraction of sp³-hybridized carbons (Fsp3) is 0.476. The molecule has 2 aliphatic rings. The van der Waals surface area contributed by atoms with Gasteiger partial charge in [0.2, 0.25) is 12.4 Å². The van der Waals surface area contributed by atoms with Crippen molar-refractivity contribution in [2.75, 3.05) is 25.3 Å². The number of hydrogen-bond donors (Lipinski definition) is 3. The summed E-state index contributed by atoms with van der Waals surface area (Å²) >= 11 is 0. The Morgan fingerprint density at radius 3 is 2.75 bits per heavy atom. The van der Waals surface area contributed by atoms with E-state index in [4.69, 9.17) is 19.3 Å². The maximum absolute atomic E-state index is 14.6. The van der Waals surface area contributed by atoms with Gasteiger partial charge in [0, 0.05) is 18.9 Å². The Kier molecular flexibility index (Phi) is 6.74. The van der Waals surface area contributed by atoms with Crippen LogP contribution in [0.1, 0.15) is 24.8 Å². The summed E-state index contributed by atoms with van der Waals surface area (Å²) in [6.07, 6.45) is 0.881. The third kappa shape index (κ3) is 5.10. The number of rotatable bonds is 9. The summed E-state index contributed by atoms with van der Waals surface area (Å²) < 4.78 is 68.7. The van der Waals surface area contributed by atoms with E-state index in [1.165, 1.54) is 23.0 Å². The van der Waals surface area contributed by atoms with Crippen LogP contribution in [-0.4, -0.2) is 67.9 Å². The molecule has 0 spiro atoms. The molecule has 194 valence electrons. The fourth-order valence-electron chi connectivity index (χ4n) is 4.20. The first-order valence-corrected chi connectivity index (χ1v) is 12.6. The average molecular weight is 529 g/mol. The summed E-state index contributed by atoms with van der Waals surface area (Å²) in [4.78, 5) is 26.1. The van der Waals surface area contributed by atoms with Gasteiger partial charge >= 0.3 is 7.82 Å². The van der Waals surface area contributed by atoms with Crippen molar-refractivity contribution in [3.63, 3.8) is 0 Å². The van der Waals surface area contributed by atoms with Gasteiger partial charge in [-0.05, 0) is 30.9 Å². The van der Waals surface area contributed by atoms with Crippen LogP contribution >= 0.6 is 7.82 Å². The van der Waals surface area contributed by atoms with Gasteiger partial charge in [-0.25, -0.2) is 27.2 Å². The monoisotopic (exact) mass is 529 g/mol. The summed E-state index contributed by atoms with van der Waals surface area (Å²) in [5.41, 5.74) is 0.0800. The molecule has 1 saturated heterocycles. The lowest BCUT2D eigenvalue weighted by Crippen LogP contribution is -2.44. The summed E-state index contributed by atoms with van der Waals surface area (Å²) in [6.45, 7) is -0.0963. The molecule has 2 fully saturated rings. The number of anilines is 1. The number of nitrogens with one attached hydrogen (secondary N) is 1. The van der Waals surface area contributed by atoms with E-state index < -0.39 is 38.4 Å². The maximum Gasteiger partial charge on any atom is 0.471 e. The van der Waals surface area contributed by atoms with Crippen LogP contribution in [0.2, 0.25) is 0 Å². The van der Waals surface area contributed by atoms with E-state index in [9.17, 15) is 17.7 Å². The minimum absolute atomic E-state index is 0.0995. The highest BCUT2D eigenvalue weighted by Gasteiger charge is 2.52. The molecule has 36 heavy (non-hydrogen) atoms. The fourth-order valence-corrected chi connectivity index (χ4v) is 4.40. The van der Waals surface area contributed by atoms with E-state index in [2.05, 4.69) is 24.9 Å².